The van der Waals surface area contributed by atoms with E-state index in [4.69, 9.17) is 14.2 Å². The summed E-state index contributed by atoms with van der Waals surface area (Å²) in [4.78, 5) is 39.3. The number of esters is 2. The predicted octanol–water partition coefficient (Wildman–Crippen LogP) is 8.06. The number of nitrogens with one attached hydrogen (secondary N) is 1. The fraction of sp³-hybridized carbons (Fsp3) is 0.308. The van der Waals surface area contributed by atoms with Crippen molar-refractivity contribution in [2.24, 2.45) is 5.41 Å². The first-order valence-corrected chi connectivity index (χ1v) is 16.1. The van der Waals surface area contributed by atoms with Crippen LogP contribution in [0.1, 0.15) is 43.4 Å². The summed E-state index contributed by atoms with van der Waals surface area (Å²) in [5, 5.41) is 2.84. The van der Waals surface area contributed by atoms with Crippen LogP contribution in [0.25, 0.3) is 11.1 Å². The number of ether oxygens (including phenoxy) is 3. The highest BCUT2D eigenvalue weighted by atomic mass is 19.4. The lowest BCUT2D eigenvalue weighted by molar-refractivity contribution is -0.159. The normalized spacial score (nSPS) is 13.9. The lowest BCUT2D eigenvalue weighted by Crippen LogP contribution is -2.40. The standard InChI is InChI=1S/C39H40F3NO6/c1-3-47-27-38(37(46)48-4-2,31-14-7-5-6-8-15-31)22-23-49-36(45)25-28-12-11-16-33(24-28)43-35(44)26-30-13-9-10-17-34(30)29-18-20-32(21-19-29)39(40,41)42/h5,7-21,24H,3-4,6,22-23,25-27H2,1-2H3,(H,43,44). The predicted molar refractivity (Wildman–Crippen MR) is 181 cm³/mol. The minimum atomic E-state index is -4.44. The number of alkyl halides is 3. The van der Waals surface area contributed by atoms with E-state index in [1.807, 2.05) is 37.3 Å². The summed E-state index contributed by atoms with van der Waals surface area (Å²) in [7, 11) is 0. The van der Waals surface area contributed by atoms with Gasteiger partial charge in [0.25, 0.3) is 0 Å². The van der Waals surface area contributed by atoms with Gasteiger partial charge in [-0.15, -0.1) is 0 Å². The van der Waals surface area contributed by atoms with Crippen LogP contribution < -0.4 is 5.32 Å². The highest BCUT2D eigenvalue weighted by molar-refractivity contribution is 5.93. The van der Waals surface area contributed by atoms with Crippen LogP contribution in [0.2, 0.25) is 0 Å². The van der Waals surface area contributed by atoms with E-state index < -0.39 is 29.1 Å². The maximum atomic E-state index is 13.3. The molecular formula is C39H40F3NO6. The summed E-state index contributed by atoms with van der Waals surface area (Å²) in [5.74, 6) is -1.29. The van der Waals surface area contributed by atoms with Crippen molar-refractivity contribution in [1.29, 1.82) is 0 Å². The van der Waals surface area contributed by atoms with Crippen molar-refractivity contribution in [1.82, 2.24) is 0 Å². The van der Waals surface area contributed by atoms with Crippen molar-refractivity contribution in [3.05, 3.63) is 125 Å². The number of halogens is 3. The molecule has 0 fully saturated rings. The summed E-state index contributed by atoms with van der Waals surface area (Å²) in [6.07, 6.45) is 5.89. The van der Waals surface area contributed by atoms with E-state index in [1.54, 1.807) is 55.5 Å². The molecule has 0 bridgehead atoms. The Morgan fingerprint density at radius 3 is 2.37 bits per heavy atom. The van der Waals surface area contributed by atoms with Gasteiger partial charge in [-0.25, -0.2) is 0 Å². The average Bonchev–Trinajstić information content (AvgIpc) is 3.37. The first-order chi connectivity index (χ1) is 23.6. The summed E-state index contributed by atoms with van der Waals surface area (Å²) in [6.45, 7) is 4.18. The maximum Gasteiger partial charge on any atom is 0.416 e. The fourth-order valence-corrected chi connectivity index (χ4v) is 5.51. The van der Waals surface area contributed by atoms with E-state index >= 15 is 0 Å². The molecule has 1 amide bonds. The number of rotatable bonds is 15. The van der Waals surface area contributed by atoms with E-state index in [9.17, 15) is 27.6 Å². The summed E-state index contributed by atoms with van der Waals surface area (Å²) >= 11 is 0. The van der Waals surface area contributed by atoms with Gasteiger partial charge in [-0.2, -0.15) is 13.2 Å². The molecule has 49 heavy (non-hydrogen) atoms. The number of carbonyl (C=O) groups is 3. The average molecular weight is 676 g/mol. The van der Waals surface area contributed by atoms with Crippen molar-refractivity contribution >= 4 is 23.5 Å². The summed E-state index contributed by atoms with van der Waals surface area (Å²) in [5.41, 5.74) is 1.76. The molecule has 1 N–H and O–H groups in total. The van der Waals surface area contributed by atoms with Gasteiger partial charge < -0.3 is 19.5 Å². The van der Waals surface area contributed by atoms with E-state index in [1.165, 1.54) is 12.1 Å². The number of hydrogen-bond donors (Lipinski definition) is 1. The molecule has 0 saturated heterocycles. The van der Waals surface area contributed by atoms with Crippen LogP contribution in [0.4, 0.5) is 18.9 Å². The molecule has 1 atom stereocenters. The molecule has 10 heteroatoms. The maximum absolute atomic E-state index is 13.3. The largest absolute Gasteiger partial charge is 0.465 e. The Labute approximate surface area is 284 Å². The van der Waals surface area contributed by atoms with Gasteiger partial charge >= 0.3 is 18.1 Å². The molecule has 0 aliphatic heterocycles. The van der Waals surface area contributed by atoms with E-state index in [-0.39, 0.29) is 45.0 Å². The van der Waals surface area contributed by atoms with Crippen molar-refractivity contribution < 1.29 is 41.8 Å². The molecule has 1 aliphatic rings. The summed E-state index contributed by atoms with van der Waals surface area (Å²) in [6, 6.07) is 18.7. The van der Waals surface area contributed by atoms with Crippen LogP contribution in [-0.4, -0.2) is 44.3 Å². The van der Waals surface area contributed by atoms with E-state index in [2.05, 4.69) is 5.32 Å². The third kappa shape index (κ3) is 10.3. The van der Waals surface area contributed by atoms with Crippen molar-refractivity contribution in [2.75, 3.05) is 31.7 Å². The van der Waals surface area contributed by atoms with Crippen molar-refractivity contribution in [3.63, 3.8) is 0 Å². The molecule has 7 nitrogen and oxygen atoms in total. The van der Waals surface area contributed by atoms with Crippen LogP contribution >= 0.6 is 0 Å². The molecule has 1 aliphatic carbocycles. The van der Waals surface area contributed by atoms with Crippen LogP contribution in [0.5, 0.6) is 0 Å². The van der Waals surface area contributed by atoms with Gasteiger partial charge in [-0.05, 0) is 72.4 Å². The van der Waals surface area contributed by atoms with Gasteiger partial charge in [-0.1, -0.05) is 78.9 Å². The Kier molecular flexibility index (Phi) is 13.1. The lowest BCUT2D eigenvalue weighted by Gasteiger charge is -2.32. The lowest BCUT2D eigenvalue weighted by atomic mass is 9.77. The first kappa shape index (κ1) is 36.9. The molecule has 3 aromatic carbocycles. The minimum absolute atomic E-state index is 0.0190. The zero-order valence-corrected chi connectivity index (χ0v) is 27.6. The Morgan fingerprint density at radius 1 is 0.857 bits per heavy atom. The topological polar surface area (TPSA) is 90.9 Å². The quantitative estimate of drug-likeness (QED) is 0.164. The Bertz CT molecular complexity index is 1690. The second-order valence-electron chi connectivity index (χ2n) is 11.4. The second-order valence-corrected chi connectivity index (χ2v) is 11.4. The fourth-order valence-electron chi connectivity index (χ4n) is 5.51. The SMILES string of the molecule is CCOCC(CCOC(=O)Cc1cccc(NC(=O)Cc2ccccc2-c2ccc(C(F)(F)F)cc2)c1)(C(=O)OCC)C1=CC=CCC=C1. The zero-order chi connectivity index (χ0) is 35.3. The van der Waals surface area contributed by atoms with Gasteiger partial charge in [0, 0.05) is 18.7 Å². The van der Waals surface area contributed by atoms with Crippen LogP contribution in [0, 0.1) is 5.41 Å². The number of amides is 1. The smallest absolute Gasteiger partial charge is 0.416 e. The highest BCUT2D eigenvalue weighted by Crippen LogP contribution is 2.36. The Hall–Kier alpha value is -4.96. The van der Waals surface area contributed by atoms with Gasteiger partial charge in [0.15, 0.2) is 0 Å². The van der Waals surface area contributed by atoms with E-state index in [0.717, 1.165) is 24.1 Å². The van der Waals surface area contributed by atoms with Crippen molar-refractivity contribution in [3.8, 4) is 11.1 Å². The van der Waals surface area contributed by atoms with Crippen LogP contribution in [0.3, 0.4) is 0 Å². The molecular weight excluding hydrogens is 635 g/mol. The molecule has 4 rings (SSSR count). The third-order valence-corrected chi connectivity index (χ3v) is 8.00. The van der Waals surface area contributed by atoms with E-state index in [0.29, 0.717) is 34.5 Å². The first-order valence-electron chi connectivity index (χ1n) is 16.1. The molecule has 258 valence electrons. The minimum Gasteiger partial charge on any atom is -0.465 e. The van der Waals surface area contributed by atoms with Gasteiger partial charge in [0.1, 0.15) is 5.41 Å². The van der Waals surface area contributed by atoms with Crippen LogP contribution in [-0.2, 0) is 47.6 Å². The highest BCUT2D eigenvalue weighted by Gasteiger charge is 2.43. The Balaban J connectivity index is 1.38. The number of benzene rings is 3. The zero-order valence-electron chi connectivity index (χ0n) is 27.6. The van der Waals surface area contributed by atoms with Crippen LogP contribution in [0.15, 0.2) is 109 Å². The summed E-state index contributed by atoms with van der Waals surface area (Å²) < 4.78 is 55.9. The van der Waals surface area contributed by atoms with Crippen molar-refractivity contribution in [2.45, 2.75) is 45.7 Å². The molecule has 0 radical (unpaired) electrons. The molecule has 1 unspecified atom stereocenters. The second kappa shape index (κ2) is 17.4. The third-order valence-electron chi connectivity index (χ3n) is 8.00. The van der Waals surface area contributed by atoms with Gasteiger partial charge in [-0.3, -0.25) is 14.4 Å². The number of allylic oxidation sites excluding steroid dienone is 5. The number of anilines is 1. The Morgan fingerprint density at radius 2 is 1.63 bits per heavy atom. The monoisotopic (exact) mass is 675 g/mol. The van der Waals surface area contributed by atoms with Gasteiger partial charge in [0.2, 0.25) is 5.91 Å². The molecule has 0 spiro atoms. The number of carbonyl (C=O) groups excluding carboxylic acids is 3. The van der Waals surface area contributed by atoms with Gasteiger partial charge in [0.05, 0.1) is 38.2 Å². The molecule has 0 aromatic heterocycles. The molecule has 0 heterocycles. The molecule has 3 aromatic rings. The number of hydrogen-bond acceptors (Lipinski definition) is 6. The molecule has 0 saturated carbocycles.